The first-order valence-corrected chi connectivity index (χ1v) is 5.62. The van der Waals surface area contributed by atoms with Crippen LogP contribution in [-0.2, 0) is 0 Å². The lowest BCUT2D eigenvalue weighted by atomic mass is 10.2. The lowest BCUT2D eigenvalue weighted by molar-refractivity contribution is 0.0955. The first-order valence-electron chi connectivity index (χ1n) is 5.25. The summed E-state index contributed by atoms with van der Waals surface area (Å²) in [6.45, 7) is 0. The van der Waals surface area contributed by atoms with Crippen LogP contribution < -0.4 is 5.43 Å². The van der Waals surface area contributed by atoms with Crippen LogP contribution >= 0.6 is 11.6 Å². The summed E-state index contributed by atoms with van der Waals surface area (Å²) in [6.07, 6.45) is 4.61. The first-order chi connectivity index (χ1) is 8.75. The van der Waals surface area contributed by atoms with Crippen molar-refractivity contribution in [2.45, 2.75) is 0 Å². The fourth-order valence-corrected chi connectivity index (χ4v) is 1.51. The number of aromatic nitrogens is 1. The number of carbonyl (C=O) groups excluding carboxylic acids is 1. The molecule has 0 spiro atoms. The molecule has 0 radical (unpaired) electrons. The number of benzene rings is 1. The molecule has 5 heteroatoms. The van der Waals surface area contributed by atoms with E-state index in [1.54, 1.807) is 30.5 Å². The van der Waals surface area contributed by atoms with Gasteiger partial charge in [-0.15, -0.1) is 0 Å². The van der Waals surface area contributed by atoms with Gasteiger partial charge >= 0.3 is 0 Å². The van der Waals surface area contributed by atoms with Crippen molar-refractivity contribution < 1.29 is 4.79 Å². The maximum Gasteiger partial charge on any atom is 0.272 e. The largest absolute Gasteiger partial charge is 0.272 e. The standard InChI is InChI=1S/C13H10ClN3O/c14-12-5-1-3-10(7-12)8-16-17-13(18)11-4-2-6-15-9-11/h1-9H,(H,17,18)/b16-8-. The Morgan fingerprint density at radius 2 is 2.22 bits per heavy atom. The molecule has 0 aliphatic rings. The van der Waals surface area contributed by atoms with Crippen LogP contribution in [0.15, 0.2) is 53.9 Å². The van der Waals surface area contributed by atoms with Crippen LogP contribution in [0.4, 0.5) is 0 Å². The number of rotatable bonds is 3. The number of hydrogen-bond acceptors (Lipinski definition) is 3. The Hall–Kier alpha value is -2.20. The fraction of sp³-hybridized carbons (Fsp3) is 0. The number of nitrogens with one attached hydrogen (secondary N) is 1. The molecule has 0 aliphatic heterocycles. The molecule has 4 nitrogen and oxygen atoms in total. The predicted octanol–water partition coefficient (Wildman–Crippen LogP) is 2.50. The van der Waals surface area contributed by atoms with Gasteiger partial charge in [0.25, 0.3) is 5.91 Å². The second-order valence-corrected chi connectivity index (χ2v) is 3.93. The average molecular weight is 260 g/mol. The molecule has 0 saturated carbocycles. The van der Waals surface area contributed by atoms with E-state index < -0.39 is 0 Å². The van der Waals surface area contributed by atoms with Gasteiger partial charge in [-0.2, -0.15) is 5.10 Å². The summed E-state index contributed by atoms with van der Waals surface area (Å²) in [5, 5.41) is 4.47. The van der Waals surface area contributed by atoms with Crippen LogP contribution in [-0.4, -0.2) is 17.1 Å². The zero-order valence-corrected chi connectivity index (χ0v) is 10.1. The van der Waals surface area contributed by atoms with E-state index in [0.29, 0.717) is 10.6 Å². The van der Waals surface area contributed by atoms with E-state index >= 15 is 0 Å². The monoisotopic (exact) mass is 259 g/mol. The molecule has 0 aliphatic carbocycles. The molecule has 0 bridgehead atoms. The van der Waals surface area contributed by atoms with E-state index in [9.17, 15) is 4.79 Å². The molecule has 1 aromatic heterocycles. The van der Waals surface area contributed by atoms with Gasteiger partial charge in [0.1, 0.15) is 0 Å². The Morgan fingerprint density at radius 1 is 1.33 bits per heavy atom. The second kappa shape index (κ2) is 5.93. The van der Waals surface area contributed by atoms with Gasteiger partial charge in [-0.25, -0.2) is 5.43 Å². The molecule has 0 atom stereocenters. The zero-order valence-electron chi connectivity index (χ0n) is 9.38. The third kappa shape index (κ3) is 3.40. The average Bonchev–Trinajstić information content (AvgIpc) is 2.40. The van der Waals surface area contributed by atoms with Crippen molar-refractivity contribution >= 4 is 23.7 Å². The summed E-state index contributed by atoms with van der Waals surface area (Å²) >= 11 is 5.82. The summed E-state index contributed by atoms with van der Waals surface area (Å²) in [5.41, 5.74) is 3.69. The minimum atomic E-state index is -0.304. The molecule has 90 valence electrons. The van der Waals surface area contributed by atoms with Gasteiger partial charge in [-0.3, -0.25) is 9.78 Å². The van der Waals surface area contributed by atoms with Crippen molar-refractivity contribution in [3.63, 3.8) is 0 Å². The SMILES string of the molecule is O=C(N/N=C\c1cccc(Cl)c1)c1cccnc1. The van der Waals surface area contributed by atoms with Gasteiger partial charge in [0.2, 0.25) is 0 Å². The Morgan fingerprint density at radius 3 is 2.94 bits per heavy atom. The predicted molar refractivity (Wildman–Crippen MR) is 70.7 cm³/mol. The number of nitrogens with zero attached hydrogens (tertiary/aromatic N) is 2. The summed E-state index contributed by atoms with van der Waals surface area (Å²) in [5.74, 6) is -0.304. The Kier molecular flexibility index (Phi) is 4.04. The molecular weight excluding hydrogens is 250 g/mol. The summed E-state index contributed by atoms with van der Waals surface area (Å²) < 4.78 is 0. The number of carbonyl (C=O) groups is 1. The Bertz CT molecular complexity index is 569. The molecule has 1 heterocycles. The van der Waals surface area contributed by atoms with Gasteiger partial charge in [-0.1, -0.05) is 23.7 Å². The van der Waals surface area contributed by atoms with Crippen molar-refractivity contribution in [3.05, 3.63) is 64.9 Å². The molecule has 1 aromatic carbocycles. The van der Waals surface area contributed by atoms with Gasteiger partial charge in [0, 0.05) is 17.4 Å². The number of halogens is 1. The highest BCUT2D eigenvalue weighted by Gasteiger charge is 2.02. The summed E-state index contributed by atoms with van der Waals surface area (Å²) in [7, 11) is 0. The van der Waals surface area contributed by atoms with Crippen LogP contribution in [0.1, 0.15) is 15.9 Å². The van der Waals surface area contributed by atoms with E-state index in [1.165, 1.54) is 12.4 Å². The molecule has 2 aromatic rings. The van der Waals surface area contributed by atoms with Crippen LogP contribution in [0.25, 0.3) is 0 Å². The number of amides is 1. The summed E-state index contributed by atoms with van der Waals surface area (Å²) in [4.78, 5) is 15.5. The van der Waals surface area contributed by atoms with Crippen LogP contribution in [0.3, 0.4) is 0 Å². The Balaban J connectivity index is 1.98. The maximum absolute atomic E-state index is 11.6. The quantitative estimate of drug-likeness (QED) is 0.680. The van der Waals surface area contributed by atoms with Gasteiger partial charge < -0.3 is 0 Å². The topological polar surface area (TPSA) is 54.4 Å². The zero-order chi connectivity index (χ0) is 12.8. The number of hydrazone groups is 1. The van der Waals surface area contributed by atoms with Crippen molar-refractivity contribution in [1.29, 1.82) is 0 Å². The number of pyridine rings is 1. The van der Waals surface area contributed by atoms with Gasteiger partial charge in [-0.05, 0) is 29.8 Å². The number of hydrogen-bond donors (Lipinski definition) is 1. The molecule has 18 heavy (non-hydrogen) atoms. The van der Waals surface area contributed by atoms with Crippen molar-refractivity contribution in [1.82, 2.24) is 10.4 Å². The van der Waals surface area contributed by atoms with Crippen LogP contribution in [0.2, 0.25) is 5.02 Å². The van der Waals surface area contributed by atoms with Crippen LogP contribution in [0.5, 0.6) is 0 Å². The lowest BCUT2D eigenvalue weighted by Gasteiger charge is -1.98. The van der Waals surface area contributed by atoms with Gasteiger partial charge in [0.05, 0.1) is 11.8 Å². The highest BCUT2D eigenvalue weighted by molar-refractivity contribution is 6.30. The highest BCUT2D eigenvalue weighted by atomic mass is 35.5. The van der Waals surface area contributed by atoms with Crippen LogP contribution in [0, 0.1) is 0 Å². The first kappa shape index (κ1) is 12.3. The molecule has 0 unspecified atom stereocenters. The minimum Gasteiger partial charge on any atom is -0.267 e. The smallest absolute Gasteiger partial charge is 0.267 e. The fourth-order valence-electron chi connectivity index (χ4n) is 1.31. The van der Waals surface area contributed by atoms with Crippen molar-refractivity contribution in [2.75, 3.05) is 0 Å². The van der Waals surface area contributed by atoms with E-state index in [1.807, 2.05) is 12.1 Å². The van der Waals surface area contributed by atoms with Crippen molar-refractivity contribution in [2.24, 2.45) is 5.10 Å². The van der Waals surface area contributed by atoms with E-state index in [-0.39, 0.29) is 5.91 Å². The van der Waals surface area contributed by atoms with Gasteiger partial charge in [0.15, 0.2) is 0 Å². The molecule has 0 saturated heterocycles. The Labute approximate surface area is 109 Å². The molecule has 0 fully saturated rings. The molecule has 2 rings (SSSR count). The minimum absolute atomic E-state index is 0.304. The molecule has 1 N–H and O–H groups in total. The lowest BCUT2D eigenvalue weighted by Crippen LogP contribution is -2.17. The van der Waals surface area contributed by atoms with E-state index in [2.05, 4.69) is 15.5 Å². The van der Waals surface area contributed by atoms with E-state index in [0.717, 1.165) is 5.56 Å². The highest BCUT2D eigenvalue weighted by Crippen LogP contribution is 2.08. The molecular formula is C13H10ClN3O. The third-order valence-corrected chi connectivity index (χ3v) is 2.39. The van der Waals surface area contributed by atoms with E-state index in [4.69, 9.17) is 11.6 Å². The third-order valence-electron chi connectivity index (χ3n) is 2.15. The molecule has 1 amide bonds. The normalized spacial score (nSPS) is 10.5. The maximum atomic E-state index is 11.6. The summed E-state index contributed by atoms with van der Waals surface area (Å²) in [6, 6.07) is 10.5. The van der Waals surface area contributed by atoms with Crippen molar-refractivity contribution in [3.8, 4) is 0 Å². The second-order valence-electron chi connectivity index (χ2n) is 3.50.